The molecule has 1 N–H and O–H groups in total. The molecule has 0 aromatic heterocycles. The first-order valence-corrected chi connectivity index (χ1v) is 8.36. The Morgan fingerprint density at radius 1 is 1.25 bits per heavy atom. The van der Waals surface area contributed by atoms with Gasteiger partial charge in [-0.25, -0.2) is 4.79 Å². The van der Waals surface area contributed by atoms with Crippen molar-refractivity contribution >= 4 is 6.03 Å². The minimum Gasteiger partial charge on any atom is -0.496 e. The van der Waals surface area contributed by atoms with Crippen LogP contribution in [0.4, 0.5) is 4.79 Å². The van der Waals surface area contributed by atoms with Crippen molar-refractivity contribution in [2.75, 3.05) is 13.7 Å². The van der Waals surface area contributed by atoms with Crippen molar-refractivity contribution in [2.45, 2.75) is 32.4 Å². The van der Waals surface area contributed by atoms with Crippen LogP contribution in [0.2, 0.25) is 0 Å². The van der Waals surface area contributed by atoms with Crippen LogP contribution in [-0.4, -0.2) is 24.6 Å². The van der Waals surface area contributed by atoms with Crippen LogP contribution in [0.25, 0.3) is 0 Å². The lowest BCUT2D eigenvalue weighted by Gasteiger charge is -2.41. The molecule has 1 aliphatic rings. The van der Waals surface area contributed by atoms with Crippen molar-refractivity contribution in [1.82, 2.24) is 10.2 Å². The number of carbonyl (C=O) groups excluding carboxylic acids is 1. The molecule has 3 rings (SSSR count). The first-order chi connectivity index (χ1) is 11.6. The predicted octanol–water partition coefficient (Wildman–Crippen LogP) is 4.22. The number of urea groups is 1. The Morgan fingerprint density at radius 3 is 2.62 bits per heavy atom. The van der Waals surface area contributed by atoms with Crippen molar-refractivity contribution in [1.29, 1.82) is 0 Å². The smallest absolute Gasteiger partial charge is 0.318 e. The third-order valence-corrected chi connectivity index (χ3v) is 4.66. The lowest BCUT2D eigenvalue weighted by Crippen LogP contribution is -2.50. The number of likely N-dealkylation sites (tertiary alicyclic amines) is 1. The number of nitrogens with one attached hydrogen (secondary N) is 1. The van der Waals surface area contributed by atoms with Crippen LogP contribution in [0.1, 0.15) is 42.1 Å². The molecule has 4 nitrogen and oxygen atoms in total. The molecule has 0 saturated carbocycles. The van der Waals surface area contributed by atoms with E-state index in [-0.39, 0.29) is 18.1 Å². The highest BCUT2D eigenvalue weighted by atomic mass is 16.5. The number of ether oxygens (including phenoxy) is 1. The number of methoxy groups -OCH3 is 1. The average Bonchev–Trinajstić information content (AvgIpc) is 2.54. The summed E-state index contributed by atoms with van der Waals surface area (Å²) in [5, 5.41) is 3.11. The summed E-state index contributed by atoms with van der Waals surface area (Å²) >= 11 is 0. The SMILES string of the molecule is COc1ccc(C)cc1[C@H](C)NC(=O)N1CC[C@@H]1c1ccccc1. The van der Waals surface area contributed by atoms with Gasteiger partial charge in [0.15, 0.2) is 0 Å². The molecule has 0 aliphatic carbocycles. The maximum Gasteiger partial charge on any atom is 0.318 e. The minimum atomic E-state index is -0.107. The molecule has 0 radical (unpaired) electrons. The van der Waals surface area contributed by atoms with Gasteiger partial charge >= 0.3 is 6.03 Å². The summed E-state index contributed by atoms with van der Waals surface area (Å²) in [6, 6.07) is 16.3. The molecule has 24 heavy (non-hydrogen) atoms. The van der Waals surface area contributed by atoms with Gasteiger partial charge in [0.25, 0.3) is 0 Å². The lowest BCUT2D eigenvalue weighted by molar-refractivity contribution is 0.113. The summed E-state index contributed by atoms with van der Waals surface area (Å²) in [6.07, 6.45) is 1.01. The first-order valence-electron chi connectivity index (χ1n) is 8.36. The van der Waals surface area contributed by atoms with Crippen molar-refractivity contribution in [3.63, 3.8) is 0 Å². The minimum absolute atomic E-state index is 0.0221. The molecule has 126 valence electrons. The van der Waals surface area contributed by atoms with E-state index >= 15 is 0 Å². The maximum absolute atomic E-state index is 12.7. The quantitative estimate of drug-likeness (QED) is 0.915. The van der Waals surface area contributed by atoms with Gasteiger partial charge in [-0.2, -0.15) is 0 Å². The number of amides is 2. The normalized spacial score (nSPS) is 17.8. The molecule has 2 amide bonds. The second-order valence-corrected chi connectivity index (χ2v) is 6.33. The summed E-state index contributed by atoms with van der Waals surface area (Å²) in [4.78, 5) is 14.5. The van der Waals surface area contributed by atoms with Gasteiger partial charge in [0.05, 0.1) is 19.2 Å². The fraction of sp³-hybridized carbons (Fsp3) is 0.350. The van der Waals surface area contributed by atoms with E-state index in [4.69, 9.17) is 4.74 Å². The Morgan fingerprint density at radius 2 is 2.00 bits per heavy atom. The zero-order chi connectivity index (χ0) is 17.1. The van der Waals surface area contributed by atoms with Crippen LogP contribution < -0.4 is 10.1 Å². The molecule has 1 heterocycles. The second-order valence-electron chi connectivity index (χ2n) is 6.33. The zero-order valence-corrected chi connectivity index (χ0v) is 14.5. The number of rotatable bonds is 4. The van der Waals surface area contributed by atoms with Gasteiger partial charge in [-0.3, -0.25) is 0 Å². The Hall–Kier alpha value is -2.49. The van der Waals surface area contributed by atoms with Gasteiger partial charge < -0.3 is 15.0 Å². The molecular formula is C20H24N2O2. The number of aryl methyl sites for hydroxylation is 1. The molecule has 0 spiro atoms. The van der Waals surface area contributed by atoms with Crippen LogP contribution in [0, 0.1) is 6.92 Å². The van der Waals surface area contributed by atoms with E-state index < -0.39 is 0 Å². The third kappa shape index (κ3) is 3.23. The van der Waals surface area contributed by atoms with Crippen LogP contribution in [0.3, 0.4) is 0 Å². The monoisotopic (exact) mass is 324 g/mol. The summed E-state index contributed by atoms with van der Waals surface area (Å²) in [5.41, 5.74) is 3.35. The Labute approximate surface area is 143 Å². The van der Waals surface area contributed by atoms with Crippen molar-refractivity contribution in [2.24, 2.45) is 0 Å². The van der Waals surface area contributed by atoms with Crippen molar-refractivity contribution < 1.29 is 9.53 Å². The van der Waals surface area contributed by atoms with Gasteiger partial charge in [-0.15, -0.1) is 0 Å². The van der Waals surface area contributed by atoms with Crippen LogP contribution in [-0.2, 0) is 0 Å². The van der Waals surface area contributed by atoms with Crippen LogP contribution >= 0.6 is 0 Å². The van der Waals surface area contributed by atoms with Gasteiger partial charge in [-0.05, 0) is 31.9 Å². The largest absolute Gasteiger partial charge is 0.496 e. The van der Waals surface area contributed by atoms with Gasteiger partial charge in [0.2, 0.25) is 0 Å². The maximum atomic E-state index is 12.7. The Balaban J connectivity index is 1.70. The number of hydrogen-bond acceptors (Lipinski definition) is 2. The molecule has 2 aromatic rings. The predicted molar refractivity (Wildman–Crippen MR) is 95.2 cm³/mol. The summed E-state index contributed by atoms with van der Waals surface area (Å²) in [5.74, 6) is 0.802. The second kappa shape index (κ2) is 6.95. The van der Waals surface area contributed by atoms with Gasteiger partial charge in [-0.1, -0.05) is 48.0 Å². The number of benzene rings is 2. The van der Waals surface area contributed by atoms with E-state index in [1.807, 2.05) is 49.1 Å². The summed E-state index contributed by atoms with van der Waals surface area (Å²) < 4.78 is 5.43. The van der Waals surface area contributed by atoms with Gasteiger partial charge in [0, 0.05) is 12.1 Å². The fourth-order valence-corrected chi connectivity index (χ4v) is 3.19. The van der Waals surface area contributed by atoms with Crippen LogP contribution in [0.5, 0.6) is 5.75 Å². The highest BCUT2D eigenvalue weighted by Gasteiger charge is 2.33. The third-order valence-electron chi connectivity index (χ3n) is 4.66. The van der Waals surface area contributed by atoms with Crippen LogP contribution in [0.15, 0.2) is 48.5 Å². The van der Waals surface area contributed by atoms with Crippen molar-refractivity contribution in [3.05, 3.63) is 65.2 Å². The fourth-order valence-electron chi connectivity index (χ4n) is 3.19. The highest BCUT2D eigenvalue weighted by molar-refractivity contribution is 5.76. The average molecular weight is 324 g/mol. The number of nitrogens with zero attached hydrogens (tertiary/aromatic N) is 1. The van der Waals surface area contributed by atoms with E-state index in [2.05, 4.69) is 23.5 Å². The van der Waals surface area contributed by atoms with E-state index in [9.17, 15) is 4.79 Å². The summed E-state index contributed by atoms with van der Waals surface area (Å²) in [6.45, 7) is 4.83. The zero-order valence-electron chi connectivity index (χ0n) is 14.5. The molecule has 1 aliphatic heterocycles. The van der Waals surface area contributed by atoms with E-state index in [1.54, 1.807) is 7.11 Å². The number of hydrogen-bond donors (Lipinski definition) is 1. The standard InChI is InChI=1S/C20H24N2O2/c1-14-9-10-19(24-3)17(13-14)15(2)21-20(23)22-12-11-18(22)16-7-5-4-6-8-16/h4-10,13,15,18H,11-12H2,1-3H3,(H,21,23)/t15-,18+/m0/s1. The summed E-state index contributed by atoms with van der Waals surface area (Å²) in [7, 11) is 1.66. The number of carbonyl (C=O) groups is 1. The van der Waals surface area contributed by atoms with E-state index in [0.29, 0.717) is 0 Å². The molecule has 4 heteroatoms. The first kappa shape index (κ1) is 16.4. The molecule has 2 atom stereocenters. The molecule has 0 bridgehead atoms. The molecule has 1 saturated heterocycles. The molecule has 2 aromatic carbocycles. The molecule has 0 unspecified atom stereocenters. The topological polar surface area (TPSA) is 41.6 Å². The molecule has 1 fully saturated rings. The Kier molecular flexibility index (Phi) is 4.74. The van der Waals surface area contributed by atoms with E-state index in [1.165, 1.54) is 5.56 Å². The Bertz CT molecular complexity index is 715. The van der Waals surface area contributed by atoms with Crippen molar-refractivity contribution in [3.8, 4) is 5.75 Å². The lowest BCUT2D eigenvalue weighted by atomic mass is 9.95. The van der Waals surface area contributed by atoms with Gasteiger partial charge in [0.1, 0.15) is 5.75 Å². The van der Waals surface area contributed by atoms with E-state index in [0.717, 1.165) is 29.8 Å². The molecular weight excluding hydrogens is 300 g/mol. The highest BCUT2D eigenvalue weighted by Crippen LogP contribution is 2.34.